The number of hydrogen-bond donors (Lipinski definition) is 0. The van der Waals surface area contributed by atoms with Crippen molar-refractivity contribution in [3.05, 3.63) is 89.5 Å². The van der Waals surface area contributed by atoms with Gasteiger partial charge in [0.25, 0.3) is 0 Å². The molecule has 0 radical (unpaired) electrons. The zero-order chi connectivity index (χ0) is 22.2. The number of methoxy groups -OCH3 is 3. The molecule has 6 heteroatoms. The maximum absolute atomic E-state index is 12.7. The van der Waals surface area contributed by atoms with Gasteiger partial charge in [-0.25, -0.2) is 4.79 Å². The van der Waals surface area contributed by atoms with E-state index in [-0.39, 0.29) is 11.3 Å². The van der Waals surface area contributed by atoms with Gasteiger partial charge < -0.3 is 18.9 Å². The first kappa shape index (κ1) is 21.6. The van der Waals surface area contributed by atoms with Crippen LogP contribution in [0.2, 0.25) is 0 Å². The number of carbonyl (C=O) groups excluding carboxylic acids is 2. The molecule has 3 rings (SSSR count). The van der Waals surface area contributed by atoms with Crippen molar-refractivity contribution in [2.45, 2.75) is 0 Å². The molecular formula is C25H22O6. The number of rotatable bonds is 8. The largest absolute Gasteiger partial charge is 0.497 e. The maximum atomic E-state index is 12.7. The zero-order valence-corrected chi connectivity index (χ0v) is 17.5. The quantitative estimate of drug-likeness (QED) is 0.226. The summed E-state index contributed by atoms with van der Waals surface area (Å²) in [6, 6.07) is 18.7. The van der Waals surface area contributed by atoms with Gasteiger partial charge in [-0.15, -0.1) is 0 Å². The van der Waals surface area contributed by atoms with Crippen LogP contribution in [0.4, 0.5) is 0 Å². The summed E-state index contributed by atoms with van der Waals surface area (Å²) >= 11 is 0. The fourth-order valence-electron chi connectivity index (χ4n) is 2.92. The third-order valence-electron chi connectivity index (χ3n) is 4.50. The Morgan fingerprint density at radius 1 is 0.742 bits per heavy atom. The van der Waals surface area contributed by atoms with Crippen molar-refractivity contribution < 1.29 is 28.5 Å². The van der Waals surface area contributed by atoms with E-state index in [1.807, 2.05) is 0 Å². The summed E-state index contributed by atoms with van der Waals surface area (Å²) in [5, 5.41) is 0. The van der Waals surface area contributed by atoms with Crippen LogP contribution < -0.4 is 18.9 Å². The summed E-state index contributed by atoms with van der Waals surface area (Å²) in [6.07, 6.45) is 3.12. The average Bonchev–Trinajstić information content (AvgIpc) is 2.82. The van der Waals surface area contributed by atoms with E-state index in [1.54, 1.807) is 79.9 Å². The molecule has 0 bridgehead atoms. The van der Waals surface area contributed by atoms with E-state index in [4.69, 9.17) is 18.9 Å². The normalized spacial score (nSPS) is 10.5. The number of allylic oxidation sites excluding steroid dienone is 1. The SMILES string of the molecule is COc1ccc(C(=O)/C=C/c2cccc(OC(=O)c3c(OC)cccc3OC)c2)cc1. The summed E-state index contributed by atoms with van der Waals surface area (Å²) < 4.78 is 21.1. The van der Waals surface area contributed by atoms with E-state index in [1.165, 1.54) is 20.3 Å². The Hall–Kier alpha value is -4.06. The van der Waals surface area contributed by atoms with Gasteiger partial charge in [-0.2, -0.15) is 0 Å². The zero-order valence-electron chi connectivity index (χ0n) is 17.5. The first-order chi connectivity index (χ1) is 15.0. The molecular weight excluding hydrogens is 396 g/mol. The van der Waals surface area contributed by atoms with Gasteiger partial charge in [0.1, 0.15) is 28.6 Å². The first-order valence-electron chi connectivity index (χ1n) is 9.45. The lowest BCUT2D eigenvalue weighted by atomic mass is 10.1. The maximum Gasteiger partial charge on any atom is 0.351 e. The fourth-order valence-corrected chi connectivity index (χ4v) is 2.92. The number of benzene rings is 3. The first-order valence-corrected chi connectivity index (χ1v) is 9.45. The molecule has 0 heterocycles. The van der Waals surface area contributed by atoms with Crippen LogP contribution in [-0.2, 0) is 0 Å². The van der Waals surface area contributed by atoms with Gasteiger partial charge in [0, 0.05) is 5.56 Å². The molecule has 0 amide bonds. The molecule has 0 aliphatic carbocycles. The second-order valence-corrected chi connectivity index (χ2v) is 6.43. The highest BCUT2D eigenvalue weighted by Gasteiger charge is 2.20. The lowest BCUT2D eigenvalue weighted by molar-refractivity contribution is 0.0727. The molecule has 0 aromatic heterocycles. The monoisotopic (exact) mass is 418 g/mol. The van der Waals surface area contributed by atoms with Crippen molar-refractivity contribution in [1.82, 2.24) is 0 Å². The number of ketones is 1. The predicted octanol–water partition coefficient (Wildman–Crippen LogP) is 4.83. The smallest absolute Gasteiger partial charge is 0.351 e. The van der Waals surface area contributed by atoms with Gasteiger partial charge in [0.2, 0.25) is 0 Å². The van der Waals surface area contributed by atoms with Crippen LogP contribution in [-0.4, -0.2) is 33.1 Å². The minimum absolute atomic E-state index is 0.149. The van der Waals surface area contributed by atoms with Crippen LogP contribution in [0.5, 0.6) is 23.0 Å². The second kappa shape index (κ2) is 10.1. The van der Waals surface area contributed by atoms with Crippen molar-refractivity contribution in [2.75, 3.05) is 21.3 Å². The van der Waals surface area contributed by atoms with Crippen LogP contribution in [0, 0.1) is 0 Å². The molecule has 0 saturated carbocycles. The topological polar surface area (TPSA) is 71.1 Å². The molecule has 0 unspecified atom stereocenters. The molecule has 0 atom stereocenters. The molecule has 0 saturated heterocycles. The van der Waals surface area contributed by atoms with E-state index in [0.717, 1.165) is 0 Å². The minimum atomic E-state index is -0.607. The lowest BCUT2D eigenvalue weighted by Crippen LogP contribution is -2.12. The van der Waals surface area contributed by atoms with Gasteiger partial charge >= 0.3 is 5.97 Å². The van der Waals surface area contributed by atoms with Gasteiger partial charge in [-0.3, -0.25) is 4.79 Å². The molecule has 0 aliphatic rings. The van der Waals surface area contributed by atoms with E-state index in [2.05, 4.69) is 0 Å². The number of ether oxygens (including phenoxy) is 4. The molecule has 6 nitrogen and oxygen atoms in total. The molecule has 0 fully saturated rings. The predicted molar refractivity (Wildman–Crippen MR) is 117 cm³/mol. The Morgan fingerprint density at radius 3 is 2.00 bits per heavy atom. The molecule has 3 aromatic carbocycles. The molecule has 0 aliphatic heterocycles. The van der Waals surface area contributed by atoms with Crippen molar-refractivity contribution in [3.63, 3.8) is 0 Å². The average molecular weight is 418 g/mol. The molecule has 158 valence electrons. The van der Waals surface area contributed by atoms with E-state index in [9.17, 15) is 9.59 Å². The van der Waals surface area contributed by atoms with Crippen LogP contribution in [0.15, 0.2) is 72.8 Å². The highest BCUT2D eigenvalue weighted by atomic mass is 16.5. The highest BCUT2D eigenvalue weighted by Crippen LogP contribution is 2.29. The number of esters is 1. The second-order valence-electron chi connectivity index (χ2n) is 6.43. The van der Waals surface area contributed by atoms with Gasteiger partial charge in [0.15, 0.2) is 5.78 Å². The van der Waals surface area contributed by atoms with Crippen molar-refractivity contribution in [3.8, 4) is 23.0 Å². The fraction of sp³-hybridized carbons (Fsp3) is 0.120. The minimum Gasteiger partial charge on any atom is -0.497 e. The van der Waals surface area contributed by atoms with Crippen LogP contribution in [0.1, 0.15) is 26.3 Å². The van der Waals surface area contributed by atoms with E-state index >= 15 is 0 Å². The Labute approximate surface area is 180 Å². The Morgan fingerprint density at radius 2 is 1.39 bits per heavy atom. The third-order valence-corrected chi connectivity index (χ3v) is 4.50. The summed E-state index contributed by atoms with van der Waals surface area (Å²) in [7, 11) is 4.51. The van der Waals surface area contributed by atoms with Crippen LogP contribution in [0.25, 0.3) is 6.08 Å². The van der Waals surface area contributed by atoms with E-state index in [0.29, 0.717) is 34.1 Å². The Bertz CT molecular complexity index is 1080. The van der Waals surface area contributed by atoms with E-state index < -0.39 is 5.97 Å². The molecule has 3 aromatic rings. The number of carbonyl (C=O) groups is 2. The van der Waals surface area contributed by atoms with Crippen molar-refractivity contribution >= 4 is 17.8 Å². The van der Waals surface area contributed by atoms with Gasteiger partial charge in [0.05, 0.1) is 21.3 Å². The lowest BCUT2D eigenvalue weighted by Gasteiger charge is -2.12. The van der Waals surface area contributed by atoms with Crippen LogP contribution in [0.3, 0.4) is 0 Å². The summed E-state index contributed by atoms with van der Waals surface area (Å²) in [5.74, 6) is 0.961. The molecule has 0 spiro atoms. The van der Waals surface area contributed by atoms with Gasteiger partial charge in [-0.1, -0.05) is 24.3 Å². The highest BCUT2D eigenvalue weighted by molar-refractivity contribution is 6.06. The Kier molecular flexibility index (Phi) is 7.06. The number of hydrogen-bond acceptors (Lipinski definition) is 6. The van der Waals surface area contributed by atoms with Gasteiger partial charge in [-0.05, 0) is 60.2 Å². The summed E-state index contributed by atoms with van der Waals surface area (Å²) in [6.45, 7) is 0. The van der Waals surface area contributed by atoms with Crippen molar-refractivity contribution in [1.29, 1.82) is 0 Å². The third kappa shape index (κ3) is 5.30. The van der Waals surface area contributed by atoms with Crippen molar-refractivity contribution in [2.24, 2.45) is 0 Å². The molecule has 0 N–H and O–H groups in total. The summed E-state index contributed by atoms with van der Waals surface area (Å²) in [4.78, 5) is 25.1. The standard InChI is InChI=1S/C25H22O6/c1-28-19-13-11-18(12-14-19)21(26)15-10-17-6-4-7-20(16-17)31-25(27)24-22(29-2)8-5-9-23(24)30-3/h4-16H,1-3H3/b15-10+. The summed E-state index contributed by atoms with van der Waals surface area (Å²) in [5.41, 5.74) is 1.45. The Balaban J connectivity index is 1.75. The molecule has 31 heavy (non-hydrogen) atoms. The van der Waals surface area contributed by atoms with Crippen LogP contribution >= 0.6 is 0 Å².